The smallest absolute Gasteiger partial charge is 0.222 e. The number of carbonyl (C=O) groups excluding carboxylic acids is 1. The number of ether oxygens (including phenoxy) is 2. The van der Waals surface area contributed by atoms with Crippen LogP contribution in [0.5, 0.6) is 0 Å². The minimum atomic E-state index is 0.246. The van der Waals surface area contributed by atoms with Crippen LogP contribution in [0.1, 0.15) is 24.8 Å². The van der Waals surface area contributed by atoms with Crippen molar-refractivity contribution in [3.63, 3.8) is 0 Å². The van der Waals surface area contributed by atoms with E-state index in [2.05, 4.69) is 17.1 Å². The summed E-state index contributed by atoms with van der Waals surface area (Å²) >= 11 is 0. The van der Waals surface area contributed by atoms with Crippen LogP contribution in [0.3, 0.4) is 0 Å². The van der Waals surface area contributed by atoms with E-state index < -0.39 is 0 Å². The predicted molar refractivity (Wildman–Crippen MR) is 94.0 cm³/mol. The van der Waals surface area contributed by atoms with Crippen molar-refractivity contribution in [1.82, 2.24) is 9.88 Å². The number of hydrogen-bond donors (Lipinski definition) is 1. The Bertz CT molecular complexity index is 659. The first kappa shape index (κ1) is 17.0. The summed E-state index contributed by atoms with van der Waals surface area (Å²) in [4.78, 5) is 17.7. The Hall–Kier alpha value is -1.85. The zero-order chi connectivity index (χ0) is 16.8. The number of aromatic amines is 1. The highest BCUT2D eigenvalue weighted by atomic mass is 16.5. The van der Waals surface area contributed by atoms with Crippen LogP contribution < -0.4 is 0 Å². The number of likely N-dealkylation sites (tertiary alicyclic amines) is 1. The normalized spacial score (nSPS) is 16.0. The summed E-state index contributed by atoms with van der Waals surface area (Å²) < 4.78 is 10.7. The maximum absolute atomic E-state index is 12.5. The second-order valence-electron chi connectivity index (χ2n) is 6.30. The Labute approximate surface area is 142 Å². The van der Waals surface area contributed by atoms with Crippen molar-refractivity contribution in [2.24, 2.45) is 0 Å². The molecule has 130 valence electrons. The van der Waals surface area contributed by atoms with Gasteiger partial charge >= 0.3 is 0 Å². The topological polar surface area (TPSA) is 54.6 Å². The minimum Gasteiger partial charge on any atom is -0.382 e. The highest BCUT2D eigenvalue weighted by Gasteiger charge is 2.23. The van der Waals surface area contributed by atoms with Crippen LogP contribution in [-0.4, -0.2) is 55.3 Å². The first-order chi connectivity index (χ1) is 11.8. The first-order valence-electron chi connectivity index (χ1n) is 8.71. The minimum absolute atomic E-state index is 0.246. The summed E-state index contributed by atoms with van der Waals surface area (Å²) in [5, 5.41) is 1.22. The molecule has 3 rings (SSSR count). The molecule has 5 nitrogen and oxygen atoms in total. The maximum Gasteiger partial charge on any atom is 0.222 e. The molecule has 24 heavy (non-hydrogen) atoms. The Morgan fingerprint density at radius 1 is 1.25 bits per heavy atom. The van der Waals surface area contributed by atoms with Gasteiger partial charge in [0.1, 0.15) is 0 Å². The number of piperidine rings is 1. The molecule has 0 aliphatic carbocycles. The van der Waals surface area contributed by atoms with E-state index in [1.54, 1.807) is 7.11 Å². The number of hydrogen-bond acceptors (Lipinski definition) is 3. The molecule has 1 N–H and O–H groups in total. The molecule has 5 heteroatoms. The van der Waals surface area contributed by atoms with Gasteiger partial charge in [-0.1, -0.05) is 18.2 Å². The van der Waals surface area contributed by atoms with Gasteiger partial charge in [-0.05, 0) is 30.9 Å². The van der Waals surface area contributed by atoms with Crippen molar-refractivity contribution in [1.29, 1.82) is 0 Å². The van der Waals surface area contributed by atoms with Crippen LogP contribution in [0.2, 0.25) is 0 Å². The molecule has 2 aromatic rings. The molecule has 1 aliphatic heterocycles. The van der Waals surface area contributed by atoms with Gasteiger partial charge in [-0.15, -0.1) is 0 Å². The molecule has 0 bridgehead atoms. The molecule has 1 saturated heterocycles. The zero-order valence-electron chi connectivity index (χ0n) is 14.3. The zero-order valence-corrected chi connectivity index (χ0v) is 14.3. The number of para-hydroxylation sites is 1. The number of fused-ring (bicyclic) bond motifs is 1. The molecule has 1 aromatic heterocycles. The lowest BCUT2D eigenvalue weighted by Gasteiger charge is -2.32. The van der Waals surface area contributed by atoms with Gasteiger partial charge in [0.25, 0.3) is 0 Å². The predicted octanol–water partition coefficient (Wildman–Crippen LogP) is 2.75. The molecule has 0 atom stereocenters. The molecular weight excluding hydrogens is 304 g/mol. The number of H-pyrrole nitrogens is 1. The van der Waals surface area contributed by atoms with Gasteiger partial charge in [0.2, 0.25) is 5.91 Å². The molecule has 0 saturated carbocycles. The molecule has 2 heterocycles. The lowest BCUT2D eigenvalue weighted by molar-refractivity contribution is -0.134. The number of nitrogens with one attached hydrogen (secondary N) is 1. The Morgan fingerprint density at radius 2 is 2.04 bits per heavy atom. The number of carbonyl (C=O) groups is 1. The Morgan fingerprint density at radius 3 is 2.83 bits per heavy atom. The molecule has 1 fully saturated rings. The SMILES string of the molecule is COCCOC1CCN(C(=O)CCc2c[nH]c3ccccc23)CC1. The van der Waals surface area contributed by atoms with Gasteiger partial charge in [0.15, 0.2) is 0 Å². The third kappa shape index (κ3) is 4.16. The number of aryl methyl sites for hydroxylation is 1. The van der Waals surface area contributed by atoms with Crippen molar-refractivity contribution in [2.45, 2.75) is 31.8 Å². The van der Waals surface area contributed by atoms with E-state index >= 15 is 0 Å². The van der Waals surface area contributed by atoms with Crippen LogP contribution >= 0.6 is 0 Å². The van der Waals surface area contributed by atoms with Gasteiger partial charge in [-0.3, -0.25) is 4.79 Å². The fourth-order valence-electron chi connectivity index (χ4n) is 3.31. The van der Waals surface area contributed by atoms with E-state index in [1.807, 2.05) is 23.2 Å². The summed E-state index contributed by atoms with van der Waals surface area (Å²) in [5.41, 5.74) is 2.35. The van der Waals surface area contributed by atoms with Crippen LogP contribution in [0.4, 0.5) is 0 Å². The van der Waals surface area contributed by atoms with Crippen LogP contribution in [0, 0.1) is 0 Å². The van der Waals surface area contributed by atoms with Crippen molar-refractivity contribution in [2.75, 3.05) is 33.4 Å². The van der Waals surface area contributed by atoms with E-state index in [4.69, 9.17) is 9.47 Å². The fraction of sp³-hybridized carbons (Fsp3) is 0.526. The Kier molecular flexibility index (Phi) is 5.88. The molecule has 0 spiro atoms. The highest BCUT2D eigenvalue weighted by Crippen LogP contribution is 2.20. The number of methoxy groups -OCH3 is 1. The summed E-state index contributed by atoms with van der Waals surface area (Å²) in [6.07, 6.45) is 5.47. The van der Waals surface area contributed by atoms with Gasteiger partial charge in [-0.2, -0.15) is 0 Å². The third-order valence-corrected chi connectivity index (χ3v) is 4.72. The van der Waals surface area contributed by atoms with E-state index in [9.17, 15) is 4.79 Å². The van der Waals surface area contributed by atoms with E-state index in [1.165, 1.54) is 10.9 Å². The van der Waals surface area contributed by atoms with Crippen molar-refractivity contribution < 1.29 is 14.3 Å². The standard InChI is InChI=1S/C19H26N2O3/c1-23-12-13-24-16-8-10-21(11-9-16)19(22)7-6-15-14-20-18-5-3-2-4-17(15)18/h2-5,14,16,20H,6-13H2,1H3. The van der Waals surface area contributed by atoms with E-state index in [0.717, 1.165) is 37.9 Å². The second kappa shape index (κ2) is 8.31. The Balaban J connectivity index is 1.44. The summed E-state index contributed by atoms with van der Waals surface area (Å²) in [7, 11) is 1.68. The quantitative estimate of drug-likeness (QED) is 0.794. The van der Waals surface area contributed by atoms with Crippen LogP contribution in [-0.2, 0) is 20.7 Å². The number of nitrogens with zero attached hydrogens (tertiary/aromatic N) is 1. The average Bonchev–Trinajstić information content (AvgIpc) is 3.04. The molecule has 0 radical (unpaired) electrons. The van der Waals surface area contributed by atoms with Crippen LogP contribution in [0.15, 0.2) is 30.5 Å². The van der Waals surface area contributed by atoms with E-state index in [0.29, 0.717) is 19.6 Å². The van der Waals surface area contributed by atoms with Crippen molar-refractivity contribution in [3.8, 4) is 0 Å². The lowest BCUT2D eigenvalue weighted by atomic mass is 10.1. The summed E-state index contributed by atoms with van der Waals surface area (Å²) in [6.45, 7) is 2.86. The molecule has 0 unspecified atom stereocenters. The number of benzene rings is 1. The monoisotopic (exact) mass is 330 g/mol. The second-order valence-corrected chi connectivity index (χ2v) is 6.30. The van der Waals surface area contributed by atoms with Gasteiger partial charge in [0, 0.05) is 43.7 Å². The van der Waals surface area contributed by atoms with E-state index in [-0.39, 0.29) is 12.0 Å². The molecule has 1 amide bonds. The largest absolute Gasteiger partial charge is 0.382 e. The lowest BCUT2D eigenvalue weighted by Crippen LogP contribution is -2.41. The summed E-state index contributed by atoms with van der Waals surface area (Å²) in [6, 6.07) is 8.23. The molecular formula is C19H26N2O3. The fourth-order valence-corrected chi connectivity index (χ4v) is 3.31. The first-order valence-corrected chi connectivity index (χ1v) is 8.71. The van der Waals surface area contributed by atoms with Crippen molar-refractivity contribution >= 4 is 16.8 Å². The van der Waals surface area contributed by atoms with Crippen LogP contribution in [0.25, 0.3) is 10.9 Å². The number of rotatable bonds is 7. The molecule has 1 aliphatic rings. The number of amides is 1. The maximum atomic E-state index is 12.5. The average molecular weight is 330 g/mol. The van der Waals surface area contributed by atoms with Gasteiger partial charge < -0.3 is 19.4 Å². The third-order valence-electron chi connectivity index (χ3n) is 4.72. The van der Waals surface area contributed by atoms with Crippen molar-refractivity contribution in [3.05, 3.63) is 36.0 Å². The molecule has 1 aromatic carbocycles. The summed E-state index contributed by atoms with van der Waals surface area (Å²) in [5.74, 6) is 0.246. The van der Waals surface area contributed by atoms with Gasteiger partial charge in [0.05, 0.1) is 19.3 Å². The number of aromatic nitrogens is 1. The van der Waals surface area contributed by atoms with Gasteiger partial charge in [-0.25, -0.2) is 0 Å². The highest BCUT2D eigenvalue weighted by molar-refractivity contribution is 5.84.